The predicted molar refractivity (Wildman–Crippen MR) is 81.9 cm³/mol. The average Bonchev–Trinajstić information content (AvgIpc) is 2.46. The molecule has 0 heterocycles. The van der Waals surface area contributed by atoms with E-state index in [-0.39, 0.29) is 5.78 Å². The van der Waals surface area contributed by atoms with E-state index in [4.69, 9.17) is 10.5 Å². The van der Waals surface area contributed by atoms with Crippen LogP contribution in [0.1, 0.15) is 17.3 Å². The summed E-state index contributed by atoms with van der Waals surface area (Å²) >= 11 is 0. The summed E-state index contributed by atoms with van der Waals surface area (Å²) in [5.41, 5.74) is 8.66. The molecule has 0 bridgehead atoms. The molecule has 4 nitrogen and oxygen atoms in total. The highest BCUT2D eigenvalue weighted by Gasteiger charge is 2.12. The number of carbonyl (C=O) groups is 1. The fourth-order valence-electron chi connectivity index (χ4n) is 2.10. The molecule has 0 spiro atoms. The Kier molecular flexibility index (Phi) is 3.94. The summed E-state index contributed by atoms with van der Waals surface area (Å²) in [5, 5.41) is 0. The van der Waals surface area contributed by atoms with Crippen molar-refractivity contribution < 1.29 is 9.53 Å². The van der Waals surface area contributed by atoms with Gasteiger partial charge in [0.25, 0.3) is 0 Å². The predicted octanol–water partition coefficient (Wildman–Crippen LogP) is 3.25. The molecule has 2 aromatic carbocycles. The Balaban J connectivity index is 2.45. The van der Waals surface area contributed by atoms with Crippen LogP contribution >= 0.6 is 0 Å². The van der Waals surface area contributed by atoms with E-state index in [1.165, 1.54) is 6.92 Å². The minimum atomic E-state index is -0.0437. The number of anilines is 3. The number of benzene rings is 2. The van der Waals surface area contributed by atoms with Gasteiger partial charge >= 0.3 is 0 Å². The highest BCUT2D eigenvalue weighted by atomic mass is 16.5. The Morgan fingerprint density at radius 1 is 1.20 bits per heavy atom. The van der Waals surface area contributed by atoms with Gasteiger partial charge in [-0.05, 0) is 37.3 Å². The Morgan fingerprint density at radius 2 is 1.90 bits per heavy atom. The molecule has 0 aliphatic carbocycles. The smallest absolute Gasteiger partial charge is 0.161 e. The molecule has 20 heavy (non-hydrogen) atoms. The van der Waals surface area contributed by atoms with Crippen LogP contribution in [0.25, 0.3) is 0 Å². The third-order valence-electron chi connectivity index (χ3n) is 3.25. The lowest BCUT2D eigenvalue weighted by molar-refractivity contribution is 0.101. The SMILES string of the molecule is COc1ccccc1N(C)c1ccc(N)c(C(C)=O)c1. The first-order valence-electron chi connectivity index (χ1n) is 6.31. The monoisotopic (exact) mass is 270 g/mol. The van der Waals surface area contributed by atoms with Crippen LogP contribution in [0.5, 0.6) is 5.75 Å². The molecule has 2 aromatic rings. The van der Waals surface area contributed by atoms with Crippen LogP contribution in [-0.4, -0.2) is 19.9 Å². The Hall–Kier alpha value is -2.49. The summed E-state index contributed by atoms with van der Waals surface area (Å²) in [6.45, 7) is 1.51. The van der Waals surface area contributed by atoms with Crippen molar-refractivity contribution in [2.75, 3.05) is 24.8 Å². The number of ketones is 1. The quantitative estimate of drug-likeness (QED) is 0.684. The molecule has 0 atom stereocenters. The molecular formula is C16H18N2O2. The van der Waals surface area contributed by atoms with E-state index in [1.54, 1.807) is 19.2 Å². The molecule has 0 aliphatic rings. The second-order valence-corrected chi connectivity index (χ2v) is 4.56. The number of carbonyl (C=O) groups excluding carboxylic acids is 1. The van der Waals surface area contributed by atoms with E-state index < -0.39 is 0 Å². The largest absolute Gasteiger partial charge is 0.495 e. The normalized spacial score (nSPS) is 10.2. The first-order valence-corrected chi connectivity index (χ1v) is 6.31. The number of methoxy groups -OCH3 is 1. The molecule has 104 valence electrons. The topological polar surface area (TPSA) is 55.6 Å². The van der Waals surface area contributed by atoms with Gasteiger partial charge in [-0.25, -0.2) is 0 Å². The van der Waals surface area contributed by atoms with Gasteiger partial charge in [0, 0.05) is 24.0 Å². The number of nitrogens with zero attached hydrogens (tertiary/aromatic N) is 1. The zero-order valence-electron chi connectivity index (χ0n) is 11.9. The van der Waals surface area contributed by atoms with Crippen LogP contribution in [0.4, 0.5) is 17.1 Å². The number of hydrogen-bond donors (Lipinski definition) is 1. The lowest BCUT2D eigenvalue weighted by Gasteiger charge is -2.22. The van der Waals surface area contributed by atoms with Gasteiger partial charge in [0.15, 0.2) is 5.78 Å². The summed E-state index contributed by atoms with van der Waals surface area (Å²) in [7, 11) is 3.56. The van der Waals surface area contributed by atoms with Gasteiger partial charge in [0.2, 0.25) is 0 Å². The fraction of sp³-hybridized carbons (Fsp3) is 0.188. The van der Waals surface area contributed by atoms with Gasteiger partial charge in [-0.2, -0.15) is 0 Å². The highest BCUT2D eigenvalue weighted by Crippen LogP contribution is 2.33. The molecule has 0 saturated heterocycles. The van der Waals surface area contributed by atoms with E-state index in [0.29, 0.717) is 11.3 Å². The van der Waals surface area contributed by atoms with Crippen molar-refractivity contribution in [1.82, 2.24) is 0 Å². The maximum atomic E-state index is 11.6. The lowest BCUT2D eigenvalue weighted by Crippen LogP contribution is -2.12. The molecule has 0 amide bonds. The molecule has 0 radical (unpaired) electrons. The van der Waals surface area contributed by atoms with Gasteiger partial charge in [0.05, 0.1) is 12.8 Å². The number of nitrogen functional groups attached to an aromatic ring is 1. The Morgan fingerprint density at radius 3 is 2.55 bits per heavy atom. The Bertz CT molecular complexity index is 638. The Labute approximate surface area is 118 Å². The number of rotatable bonds is 4. The first-order chi connectivity index (χ1) is 9.54. The van der Waals surface area contributed by atoms with Crippen LogP contribution in [0.15, 0.2) is 42.5 Å². The van der Waals surface area contributed by atoms with E-state index in [9.17, 15) is 4.79 Å². The maximum Gasteiger partial charge on any atom is 0.161 e. The van der Waals surface area contributed by atoms with Crippen molar-refractivity contribution in [3.63, 3.8) is 0 Å². The molecular weight excluding hydrogens is 252 g/mol. The zero-order valence-corrected chi connectivity index (χ0v) is 11.9. The van der Waals surface area contributed by atoms with Crippen molar-refractivity contribution in [2.45, 2.75) is 6.92 Å². The van der Waals surface area contributed by atoms with Crippen molar-refractivity contribution in [3.05, 3.63) is 48.0 Å². The zero-order chi connectivity index (χ0) is 14.7. The van der Waals surface area contributed by atoms with Crippen molar-refractivity contribution in [3.8, 4) is 5.75 Å². The van der Waals surface area contributed by atoms with Crippen molar-refractivity contribution in [1.29, 1.82) is 0 Å². The minimum Gasteiger partial charge on any atom is -0.495 e. The maximum absolute atomic E-state index is 11.6. The second-order valence-electron chi connectivity index (χ2n) is 4.56. The molecule has 0 aliphatic heterocycles. The van der Waals surface area contributed by atoms with Gasteiger partial charge in [-0.3, -0.25) is 4.79 Å². The number of para-hydroxylation sites is 2. The molecule has 0 fully saturated rings. The van der Waals surface area contributed by atoms with Crippen LogP contribution in [0, 0.1) is 0 Å². The molecule has 0 saturated carbocycles. The molecule has 2 rings (SSSR count). The summed E-state index contributed by atoms with van der Waals surface area (Å²) < 4.78 is 5.36. The average molecular weight is 270 g/mol. The summed E-state index contributed by atoms with van der Waals surface area (Å²) in [6, 6.07) is 13.1. The van der Waals surface area contributed by atoms with E-state index in [0.717, 1.165) is 17.1 Å². The second kappa shape index (κ2) is 5.65. The van der Waals surface area contributed by atoms with Crippen molar-refractivity contribution in [2.24, 2.45) is 0 Å². The van der Waals surface area contributed by atoms with Gasteiger partial charge < -0.3 is 15.4 Å². The minimum absolute atomic E-state index is 0.0437. The van der Waals surface area contributed by atoms with E-state index >= 15 is 0 Å². The van der Waals surface area contributed by atoms with Gasteiger partial charge in [-0.1, -0.05) is 12.1 Å². The third kappa shape index (κ3) is 2.59. The standard InChI is InChI=1S/C16H18N2O2/c1-11(19)13-10-12(8-9-14(13)17)18(2)15-6-4-5-7-16(15)20-3/h4-10H,17H2,1-3H3. The molecule has 0 unspecified atom stereocenters. The van der Waals surface area contributed by atoms with Crippen molar-refractivity contribution >= 4 is 22.8 Å². The van der Waals surface area contributed by atoms with E-state index in [2.05, 4.69) is 0 Å². The van der Waals surface area contributed by atoms with Gasteiger partial charge in [-0.15, -0.1) is 0 Å². The lowest BCUT2D eigenvalue weighted by atomic mass is 10.1. The van der Waals surface area contributed by atoms with E-state index in [1.807, 2.05) is 42.3 Å². The summed E-state index contributed by atoms with van der Waals surface area (Å²) in [4.78, 5) is 13.5. The molecule has 2 N–H and O–H groups in total. The summed E-state index contributed by atoms with van der Waals surface area (Å²) in [5.74, 6) is 0.731. The molecule has 0 aromatic heterocycles. The number of hydrogen-bond acceptors (Lipinski definition) is 4. The summed E-state index contributed by atoms with van der Waals surface area (Å²) in [6.07, 6.45) is 0. The van der Waals surface area contributed by atoms with Gasteiger partial charge in [0.1, 0.15) is 5.75 Å². The van der Waals surface area contributed by atoms with Crippen LogP contribution in [0.3, 0.4) is 0 Å². The van der Waals surface area contributed by atoms with Crippen LogP contribution in [-0.2, 0) is 0 Å². The number of nitrogens with two attached hydrogens (primary N) is 1. The first kappa shape index (κ1) is 13.9. The van der Waals surface area contributed by atoms with Crippen LogP contribution in [0.2, 0.25) is 0 Å². The highest BCUT2D eigenvalue weighted by molar-refractivity contribution is 6.00. The number of Topliss-reactive ketones (excluding diaryl/α,β-unsaturated/α-hetero) is 1. The third-order valence-corrected chi connectivity index (χ3v) is 3.25. The molecule has 4 heteroatoms. The fourth-order valence-corrected chi connectivity index (χ4v) is 2.10. The van der Waals surface area contributed by atoms with Crippen LogP contribution < -0.4 is 15.4 Å². The number of ether oxygens (including phenoxy) is 1.